The molecule has 1 N–H and O–H groups in total. The molecule has 0 unspecified atom stereocenters. The van der Waals surface area contributed by atoms with Crippen molar-refractivity contribution in [3.63, 3.8) is 0 Å². The fraction of sp³-hybridized carbons (Fsp3) is 0.290. The summed E-state index contributed by atoms with van der Waals surface area (Å²) in [7, 11) is -1.96. The van der Waals surface area contributed by atoms with E-state index in [1.165, 1.54) is 17.7 Å². The maximum Gasteiger partial charge on any atom is 0.241 e. The first-order chi connectivity index (χ1) is 19.3. The second-order valence-electron chi connectivity index (χ2n) is 10.6. The van der Waals surface area contributed by atoms with Gasteiger partial charge >= 0.3 is 0 Å². The molecule has 6 rings (SSSR count). The minimum absolute atomic E-state index is 0.0180. The molecular weight excluding hydrogens is 527 g/mol. The van der Waals surface area contributed by atoms with Gasteiger partial charge in [-0.05, 0) is 84.7 Å². The highest BCUT2D eigenvalue weighted by Crippen LogP contribution is 2.49. The van der Waals surface area contributed by atoms with Gasteiger partial charge < -0.3 is 9.47 Å². The lowest BCUT2D eigenvalue weighted by Gasteiger charge is -2.29. The number of rotatable bonds is 8. The van der Waals surface area contributed by atoms with Crippen molar-refractivity contribution in [1.29, 1.82) is 0 Å². The van der Waals surface area contributed by atoms with E-state index in [0.29, 0.717) is 13.0 Å². The van der Waals surface area contributed by atoms with Crippen molar-refractivity contribution in [2.24, 2.45) is 13.0 Å². The van der Waals surface area contributed by atoms with E-state index in [-0.39, 0.29) is 22.6 Å². The highest BCUT2D eigenvalue weighted by atomic mass is 32.2. The van der Waals surface area contributed by atoms with Crippen LogP contribution in [0.25, 0.3) is 0 Å². The number of halogens is 1. The number of carbonyl (C=O) groups is 1. The fourth-order valence-electron chi connectivity index (χ4n) is 5.67. The summed E-state index contributed by atoms with van der Waals surface area (Å²) in [5, 5.41) is 0. The van der Waals surface area contributed by atoms with Crippen LogP contribution in [-0.2, 0) is 34.8 Å². The van der Waals surface area contributed by atoms with Crippen LogP contribution in [0.5, 0.6) is 0 Å². The van der Waals surface area contributed by atoms with Crippen LogP contribution in [0.1, 0.15) is 53.7 Å². The van der Waals surface area contributed by atoms with E-state index >= 15 is 0 Å². The Hall–Kier alpha value is -3.82. The minimum atomic E-state index is -3.87. The van der Waals surface area contributed by atoms with Crippen LogP contribution in [0.15, 0.2) is 90.1 Å². The summed E-state index contributed by atoms with van der Waals surface area (Å²) in [5.74, 6) is 0.374. The lowest BCUT2D eigenvalue weighted by Crippen LogP contribution is -2.34. The van der Waals surface area contributed by atoms with Gasteiger partial charge in [0, 0.05) is 37.1 Å². The number of hydrogen-bond donors (Lipinski definition) is 1. The molecule has 1 amide bonds. The molecule has 0 aliphatic heterocycles. The number of fused-ring (bicyclic) bond motifs is 1. The maximum atomic E-state index is 14.0. The number of anilines is 1. The molecule has 3 atom stereocenters. The lowest BCUT2D eigenvalue weighted by molar-refractivity contribution is -0.120. The van der Waals surface area contributed by atoms with Crippen LogP contribution < -0.4 is 9.62 Å². The molecule has 1 saturated carbocycles. The van der Waals surface area contributed by atoms with Crippen molar-refractivity contribution in [1.82, 2.24) is 14.3 Å². The third-order valence-corrected chi connectivity index (χ3v) is 9.49. The van der Waals surface area contributed by atoms with E-state index in [2.05, 4.69) is 21.8 Å². The van der Waals surface area contributed by atoms with Crippen LogP contribution in [0.3, 0.4) is 0 Å². The van der Waals surface area contributed by atoms with Gasteiger partial charge in [-0.3, -0.25) is 4.79 Å². The number of benzene rings is 3. The Morgan fingerprint density at radius 2 is 1.88 bits per heavy atom. The zero-order valence-corrected chi connectivity index (χ0v) is 23.0. The molecule has 1 fully saturated rings. The number of aromatic nitrogens is 2. The highest BCUT2D eigenvalue weighted by molar-refractivity contribution is 7.89. The summed E-state index contributed by atoms with van der Waals surface area (Å²) in [6.07, 6.45) is 6.66. The van der Waals surface area contributed by atoms with Gasteiger partial charge in [0.05, 0.1) is 11.4 Å². The van der Waals surface area contributed by atoms with E-state index in [4.69, 9.17) is 0 Å². The van der Waals surface area contributed by atoms with E-state index in [1.807, 2.05) is 54.2 Å². The van der Waals surface area contributed by atoms with Gasteiger partial charge in [0.25, 0.3) is 0 Å². The van der Waals surface area contributed by atoms with Crippen molar-refractivity contribution in [2.45, 2.75) is 49.1 Å². The Bertz CT molecular complexity index is 1640. The number of sulfonamides is 1. The SMILES string of the molecule is Cn1ccnc1CN(C(=O)[C@@H]1C[C@H]1c1ccccc1)c1ccc2c(c1)[C@H](NS(=O)(=O)c1ccc(F)cc1)CCC2. The Kier molecular flexibility index (Phi) is 7.02. The van der Waals surface area contributed by atoms with Gasteiger partial charge in [0.1, 0.15) is 11.6 Å². The molecule has 9 heteroatoms. The van der Waals surface area contributed by atoms with Crippen LogP contribution in [-0.4, -0.2) is 23.9 Å². The Morgan fingerprint density at radius 3 is 2.60 bits per heavy atom. The van der Waals surface area contributed by atoms with Gasteiger partial charge in [-0.2, -0.15) is 0 Å². The molecule has 0 radical (unpaired) electrons. The average Bonchev–Trinajstić information content (AvgIpc) is 3.66. The van der Waals surface area contributed by atoms with E-state index < -0.39 is 21.9 Å². The maximum absolute atomic E-state index is 14.0. The molecular formula is C31H31FN4O3S. The van der Waals surface area contributed by atoms with Crippen LogP contribution in [0, 0.1) is 11.7 Å². The van der Waals surface area contributed by atoms with E-state index in [0.717, 1.165) is 54.0 Å². The predicted molar refractivity (Wildman–Crippen MR) is 151 cm³/mol. The van der Waals surface area contributed by atoms with Crippen molar-refractivity contribution >= 4 is 21.6 Å². The lowest BCUT2D eigenvalue weighted by atomic mass is 9.87. The second-order valence-corrected chi connectivity index (χ2v) is 12.4. The smallest absolute Gasteiger partial charge is 0.241 e. The number of aryl methyl sites for hydroxylation is 2. The first kappa shape index (κ1) is 26.4. The quantitative estimate of drug-likeness (QED) is 0.320. The molecule has 2 aliphatic rings. The third kappa shape index (κ3) is 5.31. The van der Waals surface area contributed by atoms with Crippen molar-refractivity contribution in [3.8, 4) is 0 Å². The summed E-state index contributed by atoms with van der Waals surface area (Å²) >= 11 is 0. The second kappa shape index (κ2) is 10.6. The van der Waals surface area contributed by atoms with Gasteiger partial charge in [0.2, 0.25) is 15.9 Å². The number of nitrogens with one attached hydrogen (secondary N) is 1. The minimum Gasteiger partial charge on any atom is -0.337 e. The van der Waals surface area contributed by atoms with E-state index in [1.54, 1.807) is 11.1 Å². The molecule has 2 aliphatic carbocycles. The number of hydrogen-bond acceptors (Lipinski definition) is 4. The van der Waals surface area contributed by atoms with Crippen LogP contribution >= 0.6 is 0 Å². The first-order valence-electron chi connectivity index (χ1n) is 13.5. The topological polar surface area (TPSA) is 84.3 Å². The molecule has 0 saturated heterocycles. The number of nitrogens with zero attached hydrogens (tertiary/aromatic N) is 3. The Balaban J connectivity index is 1.31. The number of amides is 1. The zero-order chi connectivity index (χ0) is 27.9. The molecule has 3 aromatic carbocycles. The number of carbonyl (C=O) groups excluding carboxylic acids is 1. The molecule has 1 heterocycles. The standard InChI is InChI=1S/C31H31FN4O3S/c1-35-17-16-33-30(35)20-36(31(37)28-19-26(28)21-6-3-2-4-7-21)24-13-10-22-8-5-9-29(27(22)18-24)34-40(38,39)25-14-11-23(32)12-15-25/h2-4,6-7,10-18,26,28-29,34H,5,8-9,19-20H2,1H3/t26-,28+,29+/m0/s1. The largest absolute Gasteiger partial charge is 0.337 e. The summed E-state index contributed by atoms with van der Waals surface area (Å²) in [4.78, 5) is 20.2. The summed E-state index contributed by atoms with van der Waals surface area (Å²) in [6.45, 7) is 0.311. The number of imidazole rings is 1. The van der Waals surface area contributed by atoms with Crippen LogP contribution in [0.2, 0.25) is 0 Å². The Morgan fingerprint density at radius 1 is 1.10 bits per heavy atom. The van der Waals surface area contributed by atoms with Gasteiger partial charge in [-0.15, -0.1) is 0 Å². The average molecular weight is 559 g/mol. The predicted octanol–water partition coefficient (Wildman–Crippen LogP) is 5.25. The van der Waals surface area contributed by atoms with Crippen molar-refractivity contribution < 1.29 is 17.6 Å². The van der Waals surface area contributed by atoms with E-state index in [9.17, 15) is 17.6 Å². The van der Waals surface area contributed by atoms with Gasteiger partial charge in [0.15, 0.2) is 0 Å². The molecule has 206 valence electrons. The highest BCUT2D eigenvalue weighted by Gasteiger charge is 2.46. The summed E-state index contributed by atoms with van der Waals surface area (Å²) in [6, 6.07) is 20.4. The summed E-state index contributed by atoms with van der Waals surface area (Å²) < 4.78 is 44.5. The molecule has 1 aromatic heterocycles. The Labute approximate surface area is 233 Å². The molecule has 7 nitrogen and oxygen atoms in total. The van der Waals surface area contributed by atoms with Crippen molar-refractivity contribution in [2.75, 3.05) is 4.90 Å². The molecule has 0 bridgehead atoms. The molecule has 40 heavy (non-hydrogen) atoms. The van der Waals surface area contributed by atoms with Crippen LogP contribution in [0.4, 0.5) is 10.1 Å². The normalized spacial score (nSPS) is 20.1. The zero-order valence-electron chi connectivity index (χ0n) is 22.2. The third-order valence-electron chi connectivity index (χ3n) is 8.00. The molecule has 0 spiro atoms. The monoisotopic (exact) mass is 558 g/mol. The van der Waals surface area contributed by atoms with Gasteiger partial charge in [-0.25, -0.2) is 22.5 Å². The van der Waals surface area contributed by atoms with Crippen molar-refractivity contribution in [3.05, 3.63) is 114 Å². The fourth-order valence-corrected chi connectivity index (χ4v) is 6.92. The summed E-state index contributed by atoms with van der Waals surface area (Å²) in [5.41, 5.74) is 3.80. The van der Waals surface area contributed by atoms with Gasteiger partial charge in [-0.1, -0.05) is 36.4 Å². The first-order valence-corrected chi connectivity index (χ1v) is 15.0. The molecule has 4 aromatic rings.